The summed E-state index contributed by atoms with van der Waals surface area (Å²) in [6, 6.07) is -0.294. The number of imide groups is 1. The van der Waals surface area contributed by atoms with Gasteiger partial charge in [0.15, 0.2) is 0 Å². The number of carbonyl (C=O) groups is 2. The van der Waals surface area contributed by atoms with E-state index in [4.69, 9.17) is 0 Å². The quantitative estimate of drug-likeness (QED) is 0.678. The summed E-state index contributed by atoms with van der Waals surface area (Å²) >= 11 is 0. The van der Waals surface area contributed by atoms with Crippen molar-refractivity contribution >= 4 is 20.0 Å². The number of amides is 3. The molecule has 0 aromatic heterocycles. The van der Waals surface area contributed by atoms with E-state index in [0.717, 1.165) is 5.32 Å². The number of nitrogens with zero attached hydrogens (tertiary/aromatic N) is 2. The Balaban J connectivity index is 2.63. The molecule has 0 radical (unpaired) electrons. The lowest BCUT2D eigenvalue weighted by Gasteiger charge is -2.43. The monoisotopic (exact) mass is 268 g/mol. The van der Waals surface area contributed by atoms with Gasteiger partial charge in [0.1, 0.15) is 13.7 Å². The van der Waals surface area contributed by atoms with E-state index in [9.17, 15) is 9.59 Å². The topological polar surface area (TPSA) is 64.7 Å². The van der Waals surface area contributed by atoms with Crippen molar-refractivity contribution in [2.75, 3.05) is 14.1 Å². The maximum Gasteiger partial charge on any atom is 0.328 e. The molecule has 3 amide bonds. The molecule has 1 fully saturated rings. The van der Waals surface area contributed by atoms with Gasteiger partial charge in [-0.25, -0.2) is 10.2 Å². The van der Waals surface area contributed by atoms with Crippen molar-refractivity contribution in [3.63, 3.8) is 0 Å². The van der Waals surface area contributed by atoms with Gasteiger partial charge >= 0.3 is 6.03 Å². The summed E-state index contributed by atoms with van der Waals surface area (Å²) in [6.45, 7) is 8.35. The molecule has 6 nitrogen and oxygen atoms in total. The fraction of sp³-hybridized carbons (Fsp3) is 0.636. The standard InChI is InChI=1S/C11H20N4O2Si/c1-11-7(8(12-13-11)18(4,5)6)9(16)14(2)10(17)15(11)3/h12-13H,1-6H3. The molecule has 7 heteroatoms. The minimum absolute atomic E-state index is 0.212. The summed E-state index contributed by atoms with van der Waals surface area (Å²) in [6.07, 6.45) is 0. The zero-order valence-corrected chi connectivity index (χ0v) is 12.7. The molecule has 1 unspecified atom stereocenters. The van der Waals surface area contributed by atoms with Gasteiger partial charge in [0.2, 0.25) is 0 Å². The summed E-state index contributed by atoms with van der Waals surface area (Å²) in [4.78, 5) is 27.1. The molecule has 0 aliphatic carbocycles. The fourth-order valence-corrected chi connectivity index (χ4v) is 3.89. The van der Waals surface area contributed by atoms with Crippen LogP contribution in [0.15, 0.2) is 10.9 Å². The summed E-state index contributed by atoms with van der Waals surface area (Å²) in [5, 5.41) is 0.973. The van der Waals surface area contributed by atoms with Crippen molar-refractivity contribution in [1.82, 2.24) is 20.7 Å². The van der Waals surface area contributed by atoms with E-state index in [-0.39, 0.29) is 11.9 Å². The number of hydrogen-bond donors (Lipinski definition) is 2. The second-order valence-corrected chi connectivity index (χ2v) is 11.0. The zero-order chi connectivity index (χ0) is 13.9. The van der Waals surface area contributed by atoms with Crippen LogP contribution in [-0.2, 0) is 4.79 Å². The van der Waals surface area contributed by atoms with Gasteiger partial charge in [0.05, 0.1) is 5.57 Å². The average molecular weight is 268 g/mol. The molecule has 0 aromatic rings. The Kier molecular flexibility index (Phi) is 2.60. The Morgan fingerprint density at radius 2 is 1.72 bits per heavy atom. The van der Waals surface area contributed by atoms with E-state index in [2.05, 4.69) is 30.5 Å². The van der Waals surface area contributed by atoms with Gasteiger partial charge < -0.3 is 10.3 Å². The van der Waals surface area contributed by atoms with Crippen LogP contribution in [0.3, 0.4) is 0 Å². The molecule has 1 saturated heterocycles. The van der Waals surface area contributed by atoms with E-state index < -0.39 is 13.7 Å². The largest absolute Gasteiger partial charge is 0.328 e. The normalized spacial score (nSPS) is 28.8. The Morgan fingerprint density at radius 1 is 1.17 bits per heavy atom. The molecule has 1 atom stereocenters. The number of likely N-dealkylation sites (N-methyl/N-ethyl adjacent to an activating group) is 2. The van der Waals surface area contributed by atoms with Crippen molar-refractivity contribution in [2.24, 2.45) is 0 Å². The van der Waals surface area contributed by atoms with Crippen LogP contribution in [0.25, 0.3) is 0 Å². The van der Waals surface area contributed by atoms with Gasteiger partial charge in [0.25, 0.3) is 5.91 Å². The Bertz CT molecular complexity index is 468. The molecule has 18 heavy (non-hydrogen) atoms. The summed E-state index contributed by atoms with van der Waals surface area (Å²) in [7, 11) is 1.54. The highest BCUT2D eigenvalue weighted by molar-refractivity contribution is 6.83. The van der Waals surface area contributed by atoms with Crippen LogP contribution in [0.2, 0.25) is 19.6 Å². The fourth-order valence-electron chi connectivity index (χ4n) is 2.35. The highest BCUT2D eigenvalue weighted by Gasteiger charge is 2.53. The number of carbonyl (C=O) groups excluding carboxylic acids is 2. The number of hydrazine groups is 1. The Hall–Kier alpha value is -1.34. The molecule has 0 spiro atoms. The van der Waals surface area contributed by atoms with E-state index in [1.54, 1.807) is 11.9 Å². The minimum Gasteiger partial charge on any atom is -0.327 e. The van der Waals surface area contributed by atoms with Crippen LogP contribution >= 0.6 is 0 Å². The molecular weight excluding hydrogens is 248 g/mol. The molecule has 0 bridgehead atoms. The average Bonchev–Trinajstić information content (AvgIpc) is 2.63. The maximum absolute atomic E-state index is 12.4. The third-order valence-electron chi connectivity index (χ3n) is 3.68. The summed E-state index contributed by atoms with van der Waals surface area (Å²) in [5.41, 5.74) is 6.14. The highest BCUT2D eigenvalue weighted by Crippen LogP contribution is 2.35. The highest BCUT2D eigenvalue weighted by atomic mass is 28.3. The number of nitrogens with one attached hydrogen (secondary N) is 2. The lowest BCUT2D eigenvalue weighted by Crippen LogP contribution is -2.66. The van der Waals surface area contributed by atoms with Gasteiger partial charge in [-0.1, -0.05) is 19.6 Å². The first kappa shape index (κ1) is 13.1. The van der Waals surface area contributed by atoms with Crippen LogP contribution in [0.4, 0.5) is 4.79 Å². The van der Waals surface area contributed by atoms with Crippen molar-refractivity contribution in [2.45, 2.75) is 32.2 Å². The molecule has 100 valence electrons. The van der Waals surface area contributed by atoms with Crippen LogP contribution in [0.1, 0.15) is 6.92 Å². The van der Waals surface area contributed by atoms with Crippen LogP contribution in [0, 0.1) is 0 Å². The predicted molar refractivity (Wildman–Crippen MR) is 71.0 cm³/mol. The Morgan fingerprint density at radius 3 is 2.22 bits per heavy atom. The molecule has 2 heterocycles. The van der Waals surface area contributed by atoms with Crippen molar-refractivity contribution in [3.8, 4) is 0 Å². The van der Waals surface area contributed by atoms with E-state index in [1.807, 2.05) is 6.92 Å². The molecule has 2 aliphatic rings. The number of hydrogen-bond acceptors (Lipinski definition) is 4. The first-order chi connectivity index (χ1) is 8.10. The number of fused-ring (bicyclic) bond motifs is 1. The molecule has 0 aromatic carbocycles. The summed E-state index contributed by atoms with van der Waals surface area (Å²) < 4.78 is 0. The van der Waals surface area contributed by atoms with Gasteiger partial charge in [-0.3, -0.25) is 9.69 Å². The minimum atomic E-state index is -1.68. The van der Waals surface area contributed by atoms with Crippen molar-refractivity contribution in [3.05, 3.63) is 10.9 Å². The third kappa shape index (κ3) is 1.50. The molecular formula is C11H20N4O2Si. The maximum atomic E-state index is 12.4. The molecule has 2 rings (SSSR count). The predicted octanol–water partition coefficient (Wildman–Crippen LogP) is 0.466. The Labute approximate surface area is 108 Å². The van der Waals surface area contributed by atoms with Gasteiger partial charge in [-0.15, -0.1) is 0 Å². The van der Waals surface area contributed by atoms with Gasteiger partial charge in [-0.2, -0.15) is 0 Å². The first-order valence-electron chi connectivity index (χ1n) is 5.95. The third-order valence-corrected chi connectivity index (χ3v) is 5.56. The lowest BCUT2D eigenvalue weighted by atomic mass is 9.99. The van der Waals surface area contributed by atoms with Crippen LogP contribution in [0.5, 0.6) is 0 Å². The molecule has 0 saturated carbocycles. The first-order valence-corrected chi connectivity index (χ1v) is 9.45. The zero-order valence-electron chi connectivity index (χ0n) is 11.7. The molecule has 2 aliphatic heterocycles. The SMILES string of the molecule is CN1C(=O)C2=C([Si](C)(C)C)NNC2(C)N(C)C1=O. The number of urea groups is 1. The van der Waals surface area contributed by atoms with E-state index in [1.165, 1.54) is 11.9 Å². The van der Waals surface area contributed by atoms with E-state index >= 15 is 0 Å². The van der Waals surface area contributed by atoms with Crippen molar-refractivity contribution < 1.29 is 9.59 Å². The second kappa shape index (κ2) is 3.58. The van der Waals surface area contributed by atoms with Crippen molar-refractivity contribution in [1.29, 1.82) is 0 Å². The van der Waals surface area contributed by atoms with Gasteiger partial charge in [0, 0.05) is 19.4 Å². The van der Waals surface area contributed by atoms with Crippen LogP contribution < -0.4 is 10.9 Å². The second-order valence-electron chi connectivity index (χ2n) is 6.03. The molecule has 2 N–H and O–H groups in total. The van der Waals surface area contributed by atoms with Crippen LogP contribution in [-0.4, -0.2) is 49.6 Å². The lowest BCUT2D eigenvalue weighted by molar-refractivity contribution is -0.127. The smallest absolute Gasteiger partial charge is 0.327 e. The number of rotatable bonds is 1. The van der Waals surface area contributed by atoms with Gasteiger partial charge in [-0.05, 0) is 6.92 Å². The summed E-state index contributed by atoms with van der Waals surface area (Å²) in [5.74, 6) is -0.212. The van der Waals surface area contributed by atoms with E-state index in [0.29, 0.717) is 5.57 Å².